The quantitative estimate of drug-likeness (QED) is 0.622. The molecular weight excluding hydrogens is 276 g/mol. The zero-order valence-electron chi connectivity index (χ0n) is 13.4. The summed E-state index contributed by atoms with van der Waals surface area (Å²) in [5, 5.41) is 18.3. The van der Waals surface area contributed by atoms with Crippen LogP contribution >= 0.6 is 0 Å². The van der Waals surface area contributed by atoms with Crippen molar-refractivity contribution in [3.8, 4) is 5.75 Å². The van der Waals surface area contributed by atoms with Crippen LogP contribution in [0.4, 0.5) is 0 Å². The van der Waals surface area contributed by atoms with Crippen molar-refractivity contribution in [1.82, 2.24) is 10.6 Å². The fraction of sp³-hybridized carbons (Fsp3) is 0.444. The van der Waals surface area contributed by atoms with Gasteiger partial charge in [-0.2, -0.15) is 0 Å². The molecule has 0 aromatic heterocycles. The van der Waals surface area contributed by atoms with Crippen molar-refractivity contribution < 1.29 is 9.84 Å². The van der Waals surface area contributed by atoms with E-state index in [9.17, 15) is 5.11 Å². The lowest BCUT2D eigenvalue weighted by molar-refractivity contribution is 0.191. The maximum absolute atomic E-state index is 9.20. The topological polar surface area (TPSA) is 53.5 Å². The lowest BCUT2D eigenvalue weighted by Gasteiger charge is -2.14. The van der Waals surface area contributed by atoms with E-state index in [1.54, 1.807) is 6.92 Å². The summed E-state index contributed by atoms with van der Waals surface area (Å²) < 4.78 is 5.77. The molecule has 22 heavy (non-hydrogen) atoms. The molecule has 1 atom stereocenters. The molecule has 2 aromatic carbocycles. The molecule has 0 saturated heterocycles. The Labute approximate surface area is 132 Å². The van der Waals surface area contributed by atoms with Crippen LogP contribution < -0.4 is 15.4 Å². The Morgan fingerprint density at radius 3 is 2.64 bits per heavy atom. The summed E-state index contributed by atoms with van der Waals surface area (Å²) in [5.41, 5.74) is 1.20. The van der Waals surface area contributed by atoms with E-state index in [1.807, 2.05) is 6.92 Å². The highest BCUT2D eigenvalue weighted by molar-refractivity contribution is 5.87. The van der Waals surface area contributed by atoms with Gasteiger partial charge < -0.3 is 20.5 Å². The van der Waals surface area contributed by atoms with Gasteiger partial charge in [-0.05, 0) is 30.7 Å². The number of rotatable bonds is 9. The van der Waals surface area contributed by atoms with Crippen molar-refractivity contribution >= 4 is 10.8 Å². The highest BCUT2D eigenvalue weighted by Gasteiger charge is 2.08. The maximum Gasteiger partial charge on any atom is 0.124 e. The second-order valence-electron chi connectivity index (χ2n) is 5.43. The summed E-state index contributed by atoms with van der Waals surface area (Å²) in [6.07, 6.45) is -0.303. The van der Waals surface area contributed by atoms with Gasteiger partial charge in [0.15, 0.2) is 0 Å². The summed E-state index contributed by atoms with van der Waals surface area (Å²) in [6.45, 7) is 7.53. The normalized spacial score (nSPS) is 12.5. The summed E-state index contributed by atoms with van der Waals surface area (Å²) >= 11 is 0. The zero-order chi connectivity index (χ0) is 15.8. The van der Waals surface area contributed by atoms with Crippen LogP contribution in [0, 0.1) is 0 Å². The molecule has 120 valence electrons. The molecule has 0 aliphatic rings. The first-order valence-electron chi connectivity index (χ1n) is 7.95. The van der Waals surface area contributed by atoms with Crippen molar-refractivity contribution in [3.05, 3.63) is 42.0 Å². The minimum Gasteiger partial charge on any atom is -0.494 e. The average Bonchev–Trinajstić information content (AvgIpc) is 2.52. The highest BCUT2D eigenvalue weighted by Crippen LogP contribution is 2.28. The first-order valence-corrected chi connectivity index (χ1v) is 7.95. The van der Waals surface area contributed by atoms with E-state index in [0.717, 1.165) is 25.4 Å². The van der Waals surface area contributed by atoms with Gasteiger partial charge in [-0.3, -0.25) is 0 Å². The standard InChI is InChI=1S/C18H26N2O2/c1-3-22-18-9-8-15-6-4-5-7-16(15)17(18)13-20-11-10-19-12-14(2)21/h4-9,14,19-21H,3,10-13H2,1-2H3/t14-/m1/s1. The molecule has 0 aliphatic heterocycles. The van der Waals surface area contributed by atoms with Gasteiger partial charge in [-0.1, -0.05) is 30.3 Å². The monoisotopic (exact) mass is 302 g/mol. The summed E-state index contributed by atoms with van der Waals surface area (Å²) in [6, 6.07) is 12.5. The number of hydrogen-bond donors (Lipinski definition) is 3. The van der Waals surface area contributed by atoms with Gasteiger partial charge >= 0.3 is 0 Å². The molecule has 0 aliphatic carbocycles. The van der Waals surface area contributed by atoms with Gasteiger partial charge in [0.25, 0.3) is 0 Å². The van der Waals surface area contributed by atoms with Crippen molar-refractivity contribution in [1.29, 1.82) is 0 Å². The smallest absolute Gasteiger partial charge is 0.124 e. The molecule has 0 fully saturated rings. The van der Waals surface area contributed by atoms with Gasteiger partial charge in [0.1, 0.15) is 5.75 Å². The van der Waals surface area contributed by atoms with Crippen LogP contribution in [0.25, 0.3) is 10.8 Å². The minimum absolute atomic E-state index is 0.303. The molecule has 0 bridgehead atoms. The molecule has 4 nitrogen and oxygen atoms in total. The van der Waals surface area contributed by atoms with Crippen LogP contribution in [-0.2, 0) is 6.54 Å². The third kappa shape index (κ3) is 4.70. The summed E-state index contributed by atoms with van der Waals surface area (Å²) in [4.78, 5) is 0. The Balaban J connectivity index is 2.00. The lowest BCUT2D eigenvalue weighted by Crippen LogP contribution is -2.31. The predicted molar refractivity (Wildman–Crippen MR) is 91.4 cm³/mol. The molecule has 4 heteroatoms. The Morgan fingerprint density at radius 1 is 1.09 bits per heavy atom. The van der Waals surface area contributed by atoms with E-state index in [4.69, 9.17) is 4.74 Å². The van der Waals surface area contributed by atoms with Crippen LogP contribution in [0.2, 0.25) is 0 Å². The van der Waals surface area contributed by atoms with Crippen molar-refractivity contribution in [2.45, 2.75) is 26.5 Å². The van der Waals surface area contributed by atoms with Crippen molar-refractivity contribution in [2.75, 3.05) is 26.2 Å². The van der Waals surface area contributed by atoms with Gasteiger partial charge in [-0.25, -0.2) is 0 Å². The van der Waals surface area contributed by atoms with E-state index in [1.165, 1.54) is 16.3 Å². The average molecular weight is 302 g/mol. The summed E-state index contributed by atoms with van der Waals surface area (Å²) in [7, 11) is 0. The number of aliphatic hydroxyl groups excluding tert-OH is 1. The lowest BCUT2D eigenvalue weighted by atomic mass is 10.0. The second kappa shape index (κ2) is 8.73. The zero-order valence-corrected chi connectivity index (χ0v) is 13.4. The Bertz CT molecular complexity index is 584. The molecule has 0 saturated carbocycles. The number of aliphatic hydroxyl groups is 1. The van der Waals surface area contributed by atoms with Gasteiger partial charge in [0, 0.05) is 31.7 Å². The SMILES string of the molecule is CCOc1ccc2ccccc2c1CNCCNC[C@@H](C)O. The van der Waals surface area contributed by atoms with Gasteiger partial charge in [-0.15, -0.1) is 0 Å². The molecular formula is C18H26N2O2. The van der Waals surface area contributed by atoms with E-state index >= 15 is 0 Å². The Hall–Kier alpha value is -1.62. The number of benzene rings is 2. The number of ether oxygens (including phenoxy) is 1. The van der Waals surface area contributed by atoms with Gasteiger partial charge in [0.2, 0.25) is 0 Å². The number of fused-ring (bicyclic) bond motifs is 1. The molecule has 2 rings (SSSR count). The Morgan fingerprint density at radius 2 is 1.86 bits per heavy atom. The molecule has 2 aromatic rings. The Kier molecular flexibility index (Phi) is 6.65. The first-order chi connectivity index (χ1) is 10.7. The molecule has 0 radical (unpaired) electrons. The highest BCUT2D eigenvalue weighted by atomic mass is 16.5. The minimum atomic E-state index is -0.303. The first kappa shape index (κ1) is 16.7. The van der Waals surface area contributed by atoms with E-state index < -0.39 is 0 Å². The van der Waals surface area contributed by atoms with Crippen LogP contribution in [0.1, 0.15) is 19.4 Å². The fourth-order valence-electron chi connectivity index (χ4n) is 2.49. The third-order valence-electron chi connectivity index (χ3n) is 3.52. The van der Waals surface area contributed by atoms with E-state index in [-0.39, 0.29) is 6.10 Å². The molecule has 0 heterocycles. The van der Waals surface area contributed by atoms with Crippen LogP contribution in [0.5, 0.6) is 5.75 Å². The van der Waals surface area contributed by atoms with Crippen molar-refractivity contribution in [3.63, 3.8) is 0 Å². The molecule has 3 N–H and O–H groups in total. The number of nitrogens with one attached hydrogen (secondary N) is 2. The van der Waals surface area contributed by atoms with Crippen LogP contribution in [0.15, 0.2) is 36.4 Å². The number of hydrogen-bond acceptors (Lipinski definition) is 4. The largest absolute Gasteiger partial charge is 0.494 e. The second-order valence-corrected chi connectivity index (χ2v) is 5.43. The third-order valence-corrected chi connectivity index (χ3v) is 3.52. The molecule has 0 unspecified atom stereocenters. The maximum atomic E-state index is 9.20. The van der Waals surface area contributed by atoms with Crippen LogP contribution in [-0.4, -0.2) is 37.5 Å². The van der Waals surface area contributed by atoms with Crippen molar-refractivity contribution in [2.24, 2.45) is 0 Å². The predicted octanol–water partition coefficient (Wildman–Crippen LogP) is 2.30. The molecule has 0 amide bonds. The summed E-state index contributed by atoms with van der Waals surface area (Å²) in [5.74, 6) is 0.950. The fourth-order valence-corrected chi connectivity index (χ4v) is 2.49. The van der Waals surface area contributed by atoms with Gasteiger partial charge in [0.05, 0.1) is 12.7 Å². The van der Waals surface area contributed by atoms with E-state index in [2.05, 4.69) is 47.0 Å². The van der Waals surface area contributed by atoms with Crippen LogP contribution in [0.3, 0.4) is 0 Å². The molecule has 0 spiro atoms. The van der Waals surface area contributed by atoms with E-state index in [0.29, 0.717) is 13.2 Å².